The van der Waals surface area contributed by atoms with Gasteiger partial charge in [0.05, 0.1) is 19.1 Å². The number of carbonyl (C=O) groups is 1. The smallest absolute Gasteiger partial charge is 0.232 e. The van der Waals surface area contributed by atoms with Crippen molar-refractivity contribution in [1.82, 2.24) is 4.90 Å². The highest BCUT2D eigenvalue weighted by Crippen LogP contribution is 2.31. The number of likely N-dealkylation sites (tertiary alicyclic amines) is 1. The van der Waals surface area contributed by atoms with Crippen LogP contribution in [0, 0.1) is 17.1 Å². The number of rotatable bonds is 5. The highest BCUT2D eigenvalue weighted by atomic mass is 32.2. The SMILES string of the molecule is COc1ccc(CN2C(=O)[C@H]([C@@H](C)O)[C@H]2C#CSc2ccccc2)cc1. The third kappa shape index (κ3) is 4.04. The van der Waals surface area contributed by atoms with Gasteiger partial charge in [0.25, 0.3) is 0 Å². The van der Waals surface area contributed by atoms with Gasteiger partial charge in [-0.05, 0) is 53.8 Å². The molecule has 1 aliphatic heterocycles. The van der Waals surface area contributed by atoms with Crippen LogP contribution in [-0.2, 0) is 11.3 Å². The van der Waals surface area contributed by atoms with Crippen molar-refractivity contribution in [3.8, 4) is 16.9 Å². The van der Waals surface area contributed by atoms with Crippen molar-refractivity contribution in [2.24, 2.45) is 5.92 Å². The number of methoxy groups -OCH3 is 1. The van der Waals surface area contributed by atoms with Crippen LogP contribution in [0.5, 0.6) is 5.75 Å². The lowest BCUT2D eigenvalue weighted by Crippen LogP contribution is -2.63. The Balaban J connectivity index is 1.72. The first-order chi connectivity index (χ1) is 12.6. The predicted molar refractivity (Wildman–Crippen MR) is 103 cm³/mol. The number of benzene rings is 2. The van der Waals surface area contributed by atoms with Crippen molar-refractivity contribution in [3.05, 3.63) is 60.2 Å². The molecule has 2 aromatic rings. The highest BCUT2D eigenvalue weighted by molar-refractivity contribution is 8.03. The van der Waals surface area contributed by atoms with Crippen LogP contribution in [0.25, 0.3) is 0 Å². The Labute approximate surface area is 158 Å². The molecule has 3 atom stereocenters. The summed E-state index contributed by atoms with van der Waals surface area (Å²) in [5, 5.41) is 13.0. The maximum atomic E-state index is 12.4. The van der Waals surface area contributed by atoms with Crippen molar-refractivity contribution in [2.75, 3.05) is 7.11 Å². The van der Waals surface area contributed by atoms with Crippen LogP contribution in [0.3, 0.4) is 0 Å². The molecule has 1 amide bonds. The van der Waals surface area contributed by atoms with E-state index in [-0.39, 0.29) is 11.9 Å². The normalized spacial score (nSPS) is 20.0. The van der Waals surface area contributed by atoms with E-state index >= 15 is 0 Å². The highest BCUT2D eigenvalue weighted by Gasteiger charge is 2.48. The monoisotopic (exact) mass is 367 g/mol. The Kier molecular flexibility index (Phi) is 5.87. The van der Waals surface area contributed by atoms with Crippen molar-refractivity contribution in [3.63, 3.8) is 0 Å². The van der Waals surface area contributed by atoms with Gasteiger partial charge in [-0.25, -0.2) is 0 Å². The van der Waals surface area contributed by atoms with Crippen LogP contribution in [0.2, 0.25) is 0 Å². The molecule has 26 heavy (non-hydrogen) atoms. The lowest BCUT2D eigenvalue weighted by atomic mass is 9.83. The van der Waals surface area contributed by atoms with Gasteiger partial charge in [-0.15, -0.1) is 0 Å². The number of β-lactam (4-membered cyclic amide) rings is 1. The molecule has 0 radical (unpaired) electrons. The molecule has 0 saturated carbocycles. The van der Waals surface area contributed by atoms with Crippen molar-refractivity contribution in [1.29, 1.82) is 0 Å². The minimum absolute atomic E-state index is 0.0557. The summed E-state index contributed by atoms with van der Waals surface area (Å²) in [6.45, 7) is 2.12. The summed E-state index contributed by atoms with van der Waals surface area (Å²) in [6, 6.07) is 17.2. The van der Waals surface area contributed by atoms with Crippen LogP contribution < -0.4 is 4.74 Å². The zero-order valence-corrected chi connectivity index (χ0v) is 15.6. The van der Waals surface area contributed by atoms with Crippen LogP contribution in [0.4, 0.5) is 0 Å². The lowest BCUT2D eigenvalue weighted by Gasteiger charge is -2.45. The van der Waals surface area contributed by atoms with E-state index in [0.29, 0.717) is 6.54 Å². The van der Waals surface area contributed by atoms with E-state index in [0.717, 1.165) is 16.2 Å². The molecule has 0 bridgehead atoms. The van der Waals surface area contributed by atoms with Gasteiger partial charge >= 0.3 is 0 Å². The zero-order valence-electron chi connectivity index (χ0n) is 14.8. The van der Waals surface area contributed by atoms with Crippen LogP contribution >= 0.6 is 11.8 Å². The number of amides is 1. The fourth-order valence-electron chi connectivity index (χ4n) is 2.95. The molecular weight excluding hydrogens is 346 g/mol. The van der Waals surface area contributed by atoms with Crippen LogP contribution in [-0.4, -0.2) is 35.2 Å². The molecule has 134 valence electrons. The van der Waals surface area contributed by atoms with E-state index in [4.69, 9.17) is 4.74 Å². The molecule has 1 aliphatic rings. The van der Waals surface area contributed by atoms with Gasteiger partial charge in [-0.2, -0.15) is 0 Å². The molecule has 0 spiro atoms. The summed E-state index contributed by atoms with van der Waals surface area (Å²) in [6.07, 6.45) is -0.712. The van der Waals surface area contributed by atoms with Crippen molar-refractivity contribution < 1.29 is 14.6 Å². The lowest BCUT2D eigenvalue weighted by molar-refractivity contribution is -0.160. The maximum Gasteiger partial charge on any atom is 0.232 e. The number of thioether (sulfide) groups is 1. The first-order valence-corrected chi connectivity index (χ1v) is 9.25. The predicted octanol–water partition coefficient (Wildman–Crippen LogP) is 3.16. The Morgan fingerprint density at radius 1 is 1.19 bits per heavy atom. The van der Waals surface area contributed by atoms with Gasteiger partial charge in [0, 0.05) is 11.4 Å². The Bertz CT molecular complexity index is 809. The van der Waals surface area contributed by atoms with E-state index in [1.54, 1.807) is 18.9 Å². The average Bonchev–Trinajstić information content (AvgIpc) is 2.66. The fraction of sp³-hybridized carbons (Fsp3) is 0.286. The van der Waals surface area contributed by atoms with E-state index in [2.05, 4.69) is 11.2 Å². The van der Waals surface area contributed by atoms with E-state index < -0.39 is 12.0 Å². The first-order valence-electron chi connectivity index (χ1n) is 8.44. The molecule has 1 heterocycles. The molecule has 1 fully saturated rings. The number of hydrogen-bond acceptors (Lipinski definition) is 4. The third-order valence-electron chi connectivity index (χ3n) is 4.39. The number of nitrogens with zero attached hydrogens (tertiary/aromatic N) is 1. The van der Waals surface area contributed by atoms with Crippen LogP contribution in [0.1, 0.15) is 12.5 Å². The van der Waals surface area contributed by atoms with Gasteiger partial charge < -0.3 is 14.7 Å². The maximum absolute atomic E-state index is 12.4. The summed E-state index contributed by atoms with van der Waals surface area (Å²) in [5.41, 5.74) is 1.01. The molecule has 1 saturated heterocycles. The van der Waals surface area contributed by atoms with Crippen molar-refractivity contribution >= 4 is 17.7 Å². The second-order valence-corrected chi connectivity index (χ2v) is 7.07. The van der Waals surface area contributed by atoms with Gasteiger partial charge in [-0.1, -0.05) is 36.3 Å². The summed E-state index contributed by atoms with van der Waals surface area (Å²) in [7, 11) is 1.62. The topological polar surface area (TPSA) is 49.8 Å². The van der Waals surface area contributed by atoms with Gasteiger partial charge in [-0.3, -0.25) is 4.79 Å². The number of aliphatic hydroxyl groups excluding tert-OH is 1. The molecule has 0 aliphatic carbocycles. The second-order valence-electron chi connectivity index (χ2n) is 6.19. The zero-order chi connectivity index (χ0) is 18.5. The molecule has 0 unspecified atom stereocenters. The number of carbonyl (C=O) groups excluding carboxylic acids is 1. The molecule has 4 nitrogen and oxygen atoms in total. The van der Waals surface area contributed by atoms with Gasteiger partial charge in [0.15, 0.2) is 0 Å². The minimum atomic E-state index is -0.712. The molecule has 2 aromatic carbocycles. The van der Waals surface area contributed by atoms with Crippen LogP contribution in [0.15, 0.2) is 59.5 Å². The second kappa shape index (κ2) is 8.31. The Hall–Kier alpha value is -2.42. The van der Waals surface area contributed by atoms with E-state index in [1.807, 2.05) is 54.6 Å². The Morgan fingerprint density at radius 3 is 2.50 bits per heavy atom. The molecule has 3 rings (SSSR count). The summed E-state index contributed by atoms with van der Waals surface area (Å²) >= 11 is 1.43. The van der Waals surface area contributed by atoms with Crippen molar-refractivity contribution in [2.45, 2.75) is 30.5 Å². The third-order valence-corrected chi connectivity index (χ3v) is 5.12. The molecule has 5 heteroatoms. The number of aliphatic hydroxyl groups is 1. The summed E-state index contributed by atoms with van der Waals surface area (Å²) in [5.74, 6) is 3.42. The van der Waals surface area contributed by atoms with Gasteiger partial charge in [0.1, 0.15) is 11.8 Å². The quantitative estimate of drug-likeness (QED) is 0.501. The largest absolute Gasteiger partial charge is 0.497 e. The molecule has 1 N–H and O–H groups in total. The summed E-state index contributed by atoms with van der Waals surface area (Å²) in [4.78, 5) is 15.2. The average molecular weight is 367 g/mol. The standard InChI is InChI=1S/C21H21NO3S/c1-15(23)20-19(12-13-26-18-6-4-3-5-7-18)22(21(20)24)14-16-8-10-17(25-2)11-9-16/h3-11,15,19-20,23H,14H2,1-2H3/t15-,19-,20-/m1/s1. The minimum Gasteiger partial charge on any atom is -0.497 e. The molecular formula is C21H21NO3S. The van der Waals surface area contributed by atoms with Gasteiger partial charge in [0.2, 0.25) is 5.91 Å². The first kappa shape index (κ1) is 18.4. The number of ether oxygens (including phenoxy) is 1. The van der Waals surface area contributed by atoms with E-state index in [1.165, 1.54) is 11.8 Å². The fourth-order valence-corrected chi connectivity index (χ4v) is 3.55. The molecule has 0 aromatic heterocycles. The van der Waals surface area contributed by atoms with E-state index in [9.17, 15) is 9.90 Å². The summed E-state index contributed by atoms with van der Waals surface area (Å²) < 4.78 is 5.16. The number of hydrogen-bond donors (Lipinski definition) is 1. The Morgan fingerprint density at radius 2 is 1.88 bits per heavy atom.